The standard InChI is InChI=1S/C32H40N4O4/c1-32(2,3)40-31(39)36-26(16-17-28(36)29(37)24-9-5-4-6-10-24)21-23-12-14-25(15-13-23)30(38)34-19-7-11-27(22-34)35-20-8-18-33-35/h4-6,8-10,12-15,18,20,26-29,37H,7,11,16-17,19,21-22H2,1-3H3/t26-,27?,28+,29+/m0/s1. The lowest BCUT2D eigenvalue weighted by atomic mass is 10.0. The molecule has 0 bridgehead atoms. The van der Waals surface area contributed by atoms with E-state index in [0.717, 1.165) is 36.9 Å². The summed E-state index contributed by atoms with van der Waals surface area (Å²) in [4.78, 5) is 30.3. The number of carbonyl (C=O) groups is 2. The number of rotatable bonds is 6. The highest BCUT2D eigenvalue weighted by atomic mass is 16.6. The lowest BCUT2D eigenvalue weighted by Crippen LogP contribution is -2.47. The maximum atomic E-state index is 13.4. The normalized spacial score (nSPS) is 22.2. The Hall–Kier alpha value is -3.65. The first-order valence-electron chi connectivity index (χ1n) is 14.3. The molecule has 1 N–H and O–H groups in total. The van der Waals surface area contributed by atoms with E-state index in [1.54, 1.807) is 11.1 Å². The first-order valence-corrected chi connectivity index (χ1v) is 14.3. The summed E-state index contributed by atoms with van der Waals surface area (Å²) in [6.07, 6.45) is 6.56. The number of hydrogen-bond donors (Lipinski definition) is 1. The van der Waals surface area contributed by atoms with Crippen LogP contribution in [-0.4, -0.2) is 67.5 Å². The molecule has 1 unspecified atom stereocenters. The molecule has 0 aliphatic carbocycles. The van der Waals surface area contributed by atoms with E-state index < -0.39 is 17.8 Å². The molecule has 4 atom stereocenters. The van der Waals surface area contributed by atoms with Gasteiger partial charge in [0.15, 0.2) is 0 Å². The summed E-state index contributed by atoms with van der Waals surface area (Å²) >= 11 is 0. The van der Waals surface area contributed by atoms with Crippen LogP contribution >= 0.6 is 0 Å². The summed E-state index contributed by atoms with van der Waals surface area (Å²) in [6, 6.07) is 18.9. The van der Waals surface area contributed by atoms with Gasteiger partial charge < -0.3 is 14.7 Å². The number of aliphatic hydroxyl groups is 1. The fraction of sp³-hybridized carbons (Fsp3) is 0.469. The van der Waals surface area contributed by atoms with Crippen LogP contribution in [0.3, 0.4) is 0 Å². The summed E-state index contributed by atoms with van der Waals surface area (Å²) in [5.41, 5.74) is 1.85. The van der Waals surface area contributed by atoms with Gasteiger partial charge in [0.05, 0.1) is 18.2 Å². The number of aliphatic hydroxyl groups excluding tert-OH is 1. The van der Waals surface area contributed by atoms with Crippen LogP contribution in [0.15, 0.2) is 73.1 Å². The van der Waals surface area contributed by atoms with Crippen molar-refractivity contribution >= 4 is 12.0 Å². The van der Waals surface area contributed by atoms with E-state index >= 15 is 0 Å². The zero-order valence-electron chi connectivity index (χ0n) is 23.6. The van der Waals surface area contributed by atoms with Crippen molar-refractivity contribution in [2.45, 2.75) is 82.7 Å². The molecule has 2 fully saturated rings. The predicted octanol–water partition coefficient (Wildman–Crippen LogP) is 5.40. The largest absolute Gasteiger partial charge is 0.444 e. The molecule has 2 aliphatic rings. The van der Waals surface area contributed by atoms with Crippen LogP contribution in [0, 0.1) is 0 Å². The molecule has 212 valence electrons. The Kier molecular flexibility index (Phi) is 8.26. The highest BCUT2D eigenvalue weighted by molar-refractivity contribution is 5.94. The Bertz CT molecular complexity index is 1270. The molecular formula is C32H40N4O4. The summed E-state index contributed by atoms with van der Waals surface area (Å²) in [5, 5.41) is 15.6. The van der Waals surface area contributed by atoms with Crippen molar-refractivity contribution in [3.63, 3.8) is 0 Å². The maximum Gasteiger partial charge on any atom is 0.410 e. The van der Waals surface area contributed by atoms with E-state index in [2.05, 4.69) is 5.10 Å². The van der Waals surface area contributed by atoms with Crippen LogP contribution in [0.2, 0.25) is 0 Å². The predicted molar refractivity (Wildman–Crippen MR) is 153 cm³/mol. The number of piperidine rings is 1. The number of amides is 2. The van der Waals surface area contributed by atoms with E-state index in [9.17, 15) is 14.7 Å². The smallest absolute Gasteiger partial charge is 0.410 e. The summed E-state index contributed by atoms with van der Waals surface area (Å²) in [5.74, 6) is 0.0331. The Morgan fingerprint density at radius 2 is 1.77 bits per heavy atom. The number of aromatic nitrogens is 2. The molecule has 0 radical (unpaired) electrons. The first-order chi connectivity index (χ1) is 19.2. The van der Waals surface area contributed by atoms with Gasteiger partial charge in [-0.15, -0.1) is 0 Å². The molecule has 40 heavy (non-hydrogen) atoms. The van der Waals surface area contributed by atoms with Crippen LogP contribution in [0.1, 0.15) is 80.1 Å². The van der Waals surface area contributed by atoms with Crippen molar-refractivity contribution in [2.24, 2.45) is 0 Å². The fourth-order valence-electron chi connectivity index (χ4n) is 5.98. The summed E-state index contributed by atoms with van der Waals surface area (Å²) < 4.78 is 7.73. The second-order valence-electron chi connectivity index (χ2n) is 12.0. The average molecular weight is 545 g/mol. The van der Waals surface area contributed by atoms with Crippen molar-refractivity contribution in [1.82, 2.24) is 19.6 Å². The van der Waals surface area contributed by atoms with E-state index in [0.29, 0.717) is 24.9 Å². The van der Waals surface area contributed by atoms with E-state index in [-0.39, 0.29) is 24.0 Å². The number of benzene rings is 2. The SMILES string of the molecule is CC(C)(C)OC(=O)N1[C@H](Cc2ccc(C(=O)N3CCCC(n4cccn4)C3)cc2)CC[C@@H]1[C@H](O)c1ccccc1. The second-order valence-corrected chi connectivity index (χ2v) is 12.0. The van der Waals surface area contributed by atoms with Crippen molar-refractivity contribution in [3.05, 3.63) is 89.7 Å². The third-order valence-corrected chi connectivity index (χ3v) is 7.91. The molecule has 2 aromatic carbocycles. The molecule has 1 aromatic heterocycles. The fourth-order valence-corrected chi connectivity index (χ4v) is 5.98. The summed E-state index contributed by atoms with van der Waals surface area (Å²) in [6.45, 7) is 6.96. The maximum absolute atomic E-state index is 13.4. The third-order valence-electron chi connectivity index (χ3n) is 7.91. The van der Waals surface area contributed by atoms with Crippen molar-refractivity contribution in [1.29, 1.82) is 0 Å². The van der Waals surface area contributed by atoms with Gasteiger partial charge in [0.1, 0.15) is 5.60 Å². The van der Waals surface area contributed by atoms with Gasteiger partial charge in [-0.3, -0.25) is 14.4 Å². The van der Waals surface area contributed by atoms with E-state index in [4.69, 9.17) is 4.74 Å². The second kappa shape index (κ2) is 11.8. The van der Waals surface area contributed by atoms with Gasteiger partial charge >= 0.3 is 6.09 Å². The molecule has 8 nitrogen and oxygen atoms in total. The quantitative estimate of drug-likeness (QED) is 0.449. The monoisotopic (exact) mass is 544 g/mol. The molecule has 8 heteroatoms. The minimum atomic E-state index is -0.797. The van der Waals surface area contributed by atoms with Crippen LogP contribution in [0.25, 0.3) is 0 Å². The Morgan fingerprint density at radius 1 is 1.02 bits per heavy atom. The Morgan fingerprint density at radius 3 is 2.45 bits per heavy atom. The third kappa shape index (κ3) is 6.39. The molecule has 5 rings (SSSR count). The van der Waals surface area contributed by atoms with Gasteiger partial charge in [-0.1, -0.05) is 42.5 Å². The number of likely N-dealkylation sites (tertiary alicyclic amines) is 2. The lowest BCUT2D eigenvalue weighted by molar-refractivity contribution is -0.00453. The zero-order chi connectivity index (χ0) is 28.3. The van der Waals surface area contributed by atoms with Gasteiger partial charge in [-0.2, -0.15) is 5.10 Å². The van der Waals surface area contributed by atoms with Crippen LogP contribution < -0.4 is 0 Å². The van der Waals surface area contributed by atoms with Crippen molar-refractivity contribution in [2.75, 3.05) is 13.1 Å². The van der Waals surface area contributed by atoms with Crippen molar-refractivity contribution in [3.8, 4) is 0 Å². The highest BCUT2D eigenvalue weighted by Gasteiger charge is 2.43. The zero-order valence-corrected chi connectivity index (χ0v) is 23.6. The Balaban J connectivity index is 1.28. The molecule has 0 saturated carbocycles. The first kappa shape index (κ1) is 27.9. The van der Waals surface area contributed by atoms with Crippen LogP contribution in [-0.2, 0) is 11.2 Å². The topological polar surface area (TPSA) is 87.9 Å². The molecular weight excluding hydrogens is 504 g/mol. The number of hydrogen-bond acceptors (Lipinski definition) is 5. The molecule has 0 spiro atoms. The van der Waals surface area contributed by atoms with E-state index in [1.807, 2.05) is 97.2 Å². The van der Waals surface area contributed by atoms with Gasteiger partial charge in [0.25, 0.3) is 5.91 Å². The highest BCUT2D eigenvalue weighted by Crippen LogP contribution is 2.36. The molecule has 3 heterocycles. The molecule has 2 amide bonds. The minimum absolute atomic E-state index is 0.0331. The molecule has 2 aliphatic heterocycles. The summed E-state index contributed by atoms with van der Waals surface area (Å²) in [7, 11) is 0. The van der Waals surface area contributed by atoms with Gasteiger partial charge in [-0.05, 0) is 82.2 Å². The van der Waals surface area contributed by atoms with Crippen LogP contribution in [0.5, 0.6) is 0 Å². The van der Waals surface area contributed by atoms with E-state index in [1.165, 1.54) is 0 Å². The Labute approximate surface area is 236 Å². The lowest BCUT2D eigenvalue weighted by Gasteiger charge is -2.35. The van der Waals surface area contributed by atoms with Crippen LogP contribution in [0.4, 0.5) is 4.79 Å². The van der Waals surface area contributed by atoms with Crippen molar-refractivity contribution < 1.29 is 19.4 Å². The minimum Gasteiger partial charge on any atom is -0.444 e. The molecule has 3 aromatic rings. The number of nitrogens with zero attached hydrogens (tertiary/aromatic N) is 4. The average Bonchev–Trinajstić information content (AvgIpc) is 3.63. The number of ether oxygens (including phenoxy) is 1. The van der Waals surface area contributed by atoms with Gasteiger partial charge in [-0.25, -0.2) is 4.79 Å². The number of carbonyl (C=O) groups excluding carboxylic acids is 2. The van der Waals surface area contributed by atoms with Gasteiger partial charge in [0.2, 0.25) is 0 Å². The molecule has 2 saturated heterocycles. The van der Waals surface area contributed by atoms with Gasteiger partial charge in [0, 0.05) is 37.1 Å².